The highest BCUT2D eigenvalue weighted by Crippen LogP contribution is 2.26. The number of nitrogens with zero attached hydrogens (tertiary/aromatic N) is 2. The molecule has 0 fully saturated rings. The van der Waals surface area contributed by atoms with E-state index in [0.29, 0.717) is 0 Å². The van der Waals surface area contributed by atoms with Crippen LogP contribution in [0.1, 0.15) is 5.56 Å². The molecule has 0 saturated carbocycles. The molecule has 1 N–H and O–H groups in total. The van der Waals surface area contributed by atoms with E-state index in [2.05, 4.69) is 4.98 Å². The summed E-state index contributed by atoms with van der Waals surface area (Å²) in [6, 6.07) is 7.55. The Labute approximate surface area is 121 Å². The fraction of sp³-hybridized carbons (Fsp3) is 0. The van der Waals surface area contributed by atoms with Gasteiger partial charge in [0, 0.05) is 0 Å². The normalized spacial score (nSPS) is 10.8. The molecule has 7 heteroatoms. The van der Waals surface area contributed by atoms with Crippen LogP contribution in [-0.2, 0) is 0 Å². The first-order chi connectivity index (χ1) is 10.0. The lowest BCUT2D eigenvalue weighted by molar-refractivity contribution is 0.514. The van der Waals surface area contributed by atoms with Crippen molar-refractivity contribution in [2.75, 3.05) is 0 Å². The van der Waals surface area contributed by atoms with Crippen LogP contribution < -0.4 is 0 Å². The lowest BCUT2D eigenvalue weighted by Gasteiger charge is -2.07. The van der Waals surface area contributed by atoms with Gasteiger partial charge in [-0.25, -0.2) is 13.2 Å². The molecule has 3 aromatic rings. The molecule has 3 nitrogen and oxygen atoms in total. The van der Waals surface area contributed by atoms with E-state index in [1.165, 1.54) is 16.7 Å². The molecule has 0 amide bonds. The molecule has 1 heterocycles. The molecule has 3 rings (SSSR count). The van der Waals surface area contributed by atoms with Gasteiger partial charge >= 0.3 is 0 Å². The van der Waals surface area contributed by atoms with Crippen LogP contribution in [0.2, 0.25) is 0 Å². The third-order valence-corrected chi connectivity index (χ3v) is 3.34. The molecule has 0 atom stereocenters. The van der Waals surface area contributed by atoms with Crippen molar-refractivity contribution in [3.05, 3.63) is 58.1 Å². The molecule has 0 unspecified atom stereocenters. The molecule has 0 aliphatic carbocycles. The first-order valence-corrected chi connectivity index (χ1v) is 6.22. The van der Waals surface area contributed by atoms with Crippen molar-refractivity contribution in [1.82, 2.24) is 9.55 Å². The van der Waals surface area contributed by atoms with Crippen LogP contribution in [0.25, 0.3) is 16.7 Å². The molecule has 0 aliphatic heterocycles. The van der Waals surface area contributed by atoms with E-state index in [4.69, 9.17) is 17.5 Å². The highest BCUT2D eigenvalue weighted by Gasteiger charge is 2.17. The molecule has 104 valence electrons. The number of benzene rings is 2. The number of hydrogen-bond donors (Lipinski definition) is 1. The number of imidazole rings is 1. The number of hydrogen-bond acceptors (Lipinski definition) is 2. The Morgan fingerprint density at radius 2 is 1.90 bits per heavy atom. The van der Waals surface area contributed by atoms with Gasteiger partial charge in [-0.1, -0.05) is 0 Å². The highest BCUT2D eigenvalue weighted by atomic mass is 32.1. The molecule has 1 aromatic heterocycles. The smallest absolute Gasteiger partial charge is 0.184 e. The fourth-order valence-electron chi connectivity index (χ4n) is 2.15. The first kappa shape index (κ1) is 13.4. The van der Waals surface area contributed by atoms with Crippen LogP contribution in [0, 0.1) is 33.6 Å². The fourth-order valence-corrected chi connectivity index (χ4v) is 2.45. The minimum absolute atomic E-state index is 0.0318. The number of nitrogens with one attached hydrogen (secondary N) is 1. The third-order valence-electron chi connectivity index (χ3n) is 3.06. The van der Waals surface area contributed by atoms with Gasteiger partial charge in [-0.15, -0.1) is 0 Å². The van der Waals surface area contributed by atoms with Crippen LogP contribution in [0.5, 0.6) is 0 Å². The number of aromatic amines is 1. The van der Waals surface area contributed by atoms with Crippen molar-refractivity contribution < 1.29 is 13.2 Å². The summed E-state index contributed by atoms with van der Waals surface area (Å²) in [5, 5.41) is 9.09. The minimum atomic E-state index is -1.09. The Morgan fingerprint density at radius 3 is 2.62 bits per heavy atom. The second-order valence-corrected chi connectivity index (χ2v) is 4.68. The predicted octanol–water partition coefficient (Wildman–Crippen LogP) is 3.98. The summed E-state index contributed by atoms with van der Waals surface area (Å²) in [4.78, 5) is 2.73. The number of fused-ring (bicyclic) bond motifs is 1. The average molecular weight is 305 g/mol. The van der Waals surface area contributed by atoms with Gasteiger partial charge in [0.2, 0.25) is 0 Å². The van der Waals surface area contributed by atoms with Gasteiger partial charge in [0.15, 0.2) is 16.4 Å². The Hall–Kier alpha value is -2.59. The van der Waals surface area contributed by atoms with Crippen LogP contribution in [-0.4, -0.2) is 9.55 Å². The summed E-state index contributed by atoms with van der Waals surface area (Å²) in [7, 11) is 0. The number of aromatic nitrogens is 2. The Kier molecular flexibility index (Phi) is 3.03. The summed E-state index contributed by atoms with van der Waals surface area (Å²) in [5.41, 5.74) is 0.311. The maximum Gasteiger partial charge on any atom is 0.184 e. The number of H-pyrrole nitrogens is 1. The molecule has 21 heavy (non-hydrogen) atoms. The van der Waals surface area contributed by atoms with E-state index in [-0.39, 0.29) is 27.1 Å². The van der Waals surface area contributed by atoms with Gasteiger partial charge in [-0.05, 0) is 42.5 Å². The summed E-state index contributed by atoms with van der Waals surface area (Å²) in [5.74, 6) is -2.73. The van der Waals surface area contributed by atoms with E-state index in [0.717, 1.165) is 18.2 Å². The van der Waals surface area contributed by atoms with Crippen molar-refractivity contribution in [3.8, 4) is 11.8 Å². The average Bonchev–Trinajstić information content (AvgIpc) is 2.80. The van der Waals surface area contributed by atoms with E-state index < -0.39 is 17.5 Å². The van der Waals surface area contributed by atoms with Gasteiger partial charge in [0.05, 0.1) is 16.8 Å². The second kappa shape index (κ2) is 4.75. The number of rotatable bonds is 1. The topological polar surface area (TPSA) is 44.5 Å². The Morgan fingerprint density at radius 1 is 1.14 bits per heavy atom. The predicted molar refractivity (Wildman–Crippen MR) is 73.0 cm³/mol. The van der Waals surface area contributed by atoms with Gasteiger partial charge < -0.3 is 4.98 Å². The Balaban J connectivity index is 2.47. The molecule has 0 aliphatic rings. The molecule has 0 radical (unpaired) electrons. The van der Waals surface area contributed by atoms with E-state index >= 15 is 0 Å². The zero-order valence-corrected chi connectivity index (χ0v) is 11.1. The molecule has 0 bridgehead atoms. The van der Waals surface area contributed by atoms with Crippen LogP contribution >= 0.6 is 12.2 Å². The van der Waals surface area contributed by atoms with Crippen molar-refractivity contribution in [2.24, 2.45) is 0 Å². The van der Waals surface area contributed by atoms with Crippen LogP contribution in [0.4, 0.5) is 13.2 Å². The van der Waals surface area contributed by atoms with Crippen molar-refractivity contribution >= 4 is 23.3 Å². The lowest BCUT2D eigenvalue weighted by Crippen LogP contribution is -2.00. The largest absolute Gasteiger partial charge is 0.330 e. The molecule has 2 aromatic carbocycles. The summed E-state index contributed by atoms with van der Waals surface area (Å²) in [6.07, 6.45) is 0. The zero-order chi connectivity index (χ0) is 15.1. The summed E-state index contributed by atoms with van der Waals surface area (Å²) >= 11 is 5.09. The standard InChI is InChI=1S/C14H6F3N3S/c15-8-1-4-11(7(5-8)6-18)20-13-10(19-14(20)21)3-2-9(16)12(13)17/h1-5H,(H,19,21). The highest BCUT2D eigenvalue weighted by molar-refractivity contribution is 7.71. The first-order valence-electron chi connectivity index (χ1n) is 5.81. The molecular formula is C14H6F3N3S. The van der Waals surface area contributed by atoms with Gasteiger partial charge in [0.1, 0.15) is 17.4 Å². The number of halogens is 3. The van der Waals surface area contributed by atoms with Gasteiger partial charge in [-0.3, -0.25) is 4.57 Å². The number of nitriles is 1. The third kappa shape index (κ3) is 2.00. The van der Waals surface area contributed by atoms with E-state index in [1.54, 1.807) is 0 Å². The second-order valence-electron chi connectivity index (χ2n) is 4.30. The monoisotopic (exact) mass is 305 g/mol. The van der Waals surface area contributed by atoms with Crippen molar-refractivity contribution in [3.63, 3.8) is 0 Å². The van der Waals surface area contributed by atoms with Crippen LogP contribution in [0.3, 0.4) is 0 Å². The minimum Gasteiger partial charge on any atom is -0.330 e. The molecule has 0 spiro atoms. The maximum atomic E-state index is 14.1. The SMILES string of the molecule is N#Cc1cc(F)ccc1-n1c(=S)[nH]c2ccc(F)c(F)c21. The van der Waals surface area contributed by atoms with Crippen molar-refractivity contribution in [1.29, 1.82) is 5.26 Å². The molecule has 0 saturated heterocycles. The van der Waals surface area contributed by atoms with Crippen LogP contribution in [0.15, 0.2) is 30.3 Å². The quantitative estimate of drug-likeness (QED) is 0.691. The van der Waals surface area contributed by atoms with Crippen molar-refractivity contribution in [2.45, 2.75) is 0 Å². The van der Waals surface area contributed by atoms with E-state index in [1.807, 2.05) is 6.07 Å². The summed E-state index contributed by atoms with van der Waals surface area (Å²) < 4.78 is 42.0. The lowest BCUT2D eigenvalue weighted by atomic mass is 10.2. The Bertz CT molecular complexity index is 966. The van der Waals surface area contributed by atoms with Gasteiger partial charge in [0.25, 0.3) is 0 Å². The molecular weight excluding hydrogens is 299 g/mol. The summed E-state index contributed by atoms with van der Waals surface area (Å²) in [6.45, 7) is 0. The maximum absolute atomic E-state index is 14.1. The van der Waals surface area contributed by atoms with E-state index in [9.17, 15) is 13.2 Å². The zero-order valence-electron chi connectivity index (χ0n) is 10.3. The van der Waals surface area contributed by atoms with Gasteiger partial charge in [-0.2, -0.15) is 5.26 Å².